The number of likely N-dealkylation sites (N-methyl/N-ethyl adjacent to an activating group) is 1. The minimum atomic E-state index is -0.111. The van der Waals surface area contributed by atoms with Gasteiger partial charge in [0.25, 0.3) is 0 Å². The molecule has 0 aromatic heterocycles. The van der Waals surface area contributed by atoms with Gasteiger partial charge in [0.2, 0.25) is 0 Å². The molecule has 3 heteroatoms. The summed E-state index contributed by atoms with van der Waals surface area (Å²) in [5, 5.41) is 3.28. The second-order valence-corrected chi connectivity index (χ2v) is 4.12. The maximum Gasteiger partial charge on any atom is 0.171 e. The van der Waals surface area contributed by atoms with Crippen LogP contribution in [0.25, 0.3) is 0 Å². The summed E-state index contributed by atoms with van der Waals surface area (Å²) in [6.07, 6.45) is 6.59. The third kappa shape index (κ3) is 3.23. The Kier molecular flexibility index (Phi) is 5.45. The minimum absolute atomic E-state index is 0.111. The summed E-state index contributed by atoms with van der Waals surface area (Å²) in [5.74, 6) is 0.861. The van der Waals surface area contributed by atoms with E-state index in [-0.39, 0.29) is 6.29 Å². The molecule has 1 aliphatic carbocycles. The maximum absolute atomic E-state index is 5.28. The van der Waals surface area contributed by atoms with E-state index in [0.717, 1.165) is 5.92 Å². The summed E-state index contributed by atoms with van der Waals surface area (Å²) in [6.45, 7) is 0. The molecule has 14 heavy (non-hydrogen) atoms. The van der Waals surface area contributed by atoms with Gasteiger partial charge in [-0.1, -0.05) is 25.7 Å². The van der Waals surface area contributed by atoms with Crippen LogP contribution in [-0.2, 0) is 9.47 Å². The quantitative estimate of drug-likeness (QED) is 0.664. The standard InChI is InChI=1S/C11H23NO2/c1-12-10(11(13-2)14-3)8-9-6-4-5-7-9/h9-12H,4-8H2,1-3H3. The number of methoxy groups -OCH3 is 2. The predicted octanol–water partition coefficient (Wildman–Crippen LogP) is 1.77. The molecule has 0 radical (unpaired) electrons. The van der Waals surface area contributed by atoms with Gasteiger partial charge >= 0.3 is 0 Å². The normalized spacial score (nSPS) is 20.6. The molecule has 1 rings (SSSR count). The lowest BCUT2D eigenvalue weighted by molar-refractivity contribution is -0.125. The molecular weight excluding hydrogens is 178 g/mol. The molecule has 0 aliphatic heterocycles. The first-order valence-corrected chi connectivity index (χ1v) is 5.54. The predicted molar refractivity (Wildman–Crippen MR) is 57.2 cm³/mol. The summed E-state index contributed by atoms with van der Waals surface area (Å²) in [6, 6.07) is 0.327. The lowest BCUT2D eigenvalue weighted by Gasteiger charge is -2.26. The third-order valence-corrected chi connectivity index (χ3v) is 3.23. The highest BCUT2D eigenvalue weighted by Gasteiger charge is 2.25. The van der Waals surface area contributed by atoms with Crippen LogP contribution in [0.15, 0.2) is 0 Å². The Balaban J connectivity index is 2.35. The van der Waals surface area contributed by atoms with E-state index in [4.69, 9.17) is 9.47 Å². The van der Waals surface area contributed by atoms with Crippen LogP contribution in [0.5, 0.6) is 0 Å². The Morgan fingerprint density at radius 2 is 1.79 bits per heavy atom. The van der Waals surface area contributed by atoms with Crippen molar-refractivity contribution in [2.75, 3.05) is 21.3 Å². The van der Waals surface area contributed by atoms with Crippen LogP contribution in [0.4, 0.5) is 0 Å². The van der Waals surface area contributed by atoms with Crippen LogP contribution >= 0.6 is 0 Å². The van der Waals surface area contributed by atoms with Gasteiger partial charge in [-0.3, -0.25) is 0 Å². The summed E-state index contributed by atoms with van der Waals surface area (Å²) >= 11 is 0. The van der Waals surface area contributed by atoms with Crippen molar-refractivity contribution < 1.29 is 9.47 Å². The Bertz CT molecular complexity index is 142. The molecule has 0 aromatic carbocycles. The van der Waals surface area contributed by atoms with Gasteiger partial charge in [-0.05, 0) is 19.4 Å². The zero-order valence-electron chi connectivity index (χ0n) is 9.58. The van der Waals surface area contributed by atoms with Crippen LogP contribution in [0, 0.1) is 5.92 Å². The molecule has 1 aliphatic rings. The lowest BCUT2D eigenvalue weighted by Crippen LogP contribution is -2.41. The number of hydrogen-bond donors (Lipinski definition) is 1. The van der Waals surface area contributed by atoms with Crippen LogP contribution in [0.2, 0.25) is 0 Å². The first-order chi connectivity index (χ1) is 6.81. The molecule has 0 saturated heterocycles. The fraction of sp³-hybridized carbons (Fsp3) is 1.00. The number of rotatable bonds is 6. The van der Waals surface area contributed by atoms with Crippen LogP contribution in [-0.4, -0.2) is 33.6 Å². The smallest absolute Gasteiger partial charge is 0.171 e. The van der Waals surface area contributed by atoms with Gasteiger partial charge in [-0.2, -0.15) is 0 Å². The van der Waals surface area contributed by atoms with Crippen molar-refractivity contribution in [3.8, 4) is 0 Å². The molecule has 1 atom stereocenters. The van der Waals surface area contributed by atoms with E-state index >= 15 is 0 Å². The van der Waals surface area contributed by atoms with Crippen molar-refractivity contribution in [3.63, 3.8) is 0 Å². The topological polar surface area (TPSA) is 30.5 Å². The molecule has 0 aromatic rings. The monoisotopic (exact) mass is 201 g/mol. The van der Waals surface area contributed by atoms with E-state index in [1.165, 1.54) is 32.1 Å². The fourth-order valence-electron chi connectivity index (χ4n) is 2.39. The van der Waals surface area contributed by atoms with Crippen molar-refractivity contribution in [1.82, 2.24) is 5.32 Å². The summed E-state index contributed by atoms with van der Waals surface area (Å²) in [5.41, 5.74) is 0. The Hall–Kier alpha value is -0.120. The van der Waals surface area contributed by atoms with E-state index in [9.17, 15) is 0 Å². The molecule has 0 heterocycles. The average Bonchev–Trinajstić information content (AvgIpc) is 2.70. The van der Waals surface area contributed by atoms with E-state index in [0.29, 0.717) is 6.04 Å². The van der Waals surface area contributed by atoms with Crippen molar-refractivity contribution >= 4 is 0 Å². The highest BCUT2D eigenvalue weighted by molar-refractivity contribution is 4.76. The molecular formula is C11H23NO2. The van der Waals surface area contributed by atoms with Crippen molar-refractivity contribution in [2.45, 2.75) is 44.4 Å². The van der Waals surface area contributed by atoms with Gasteiger partial charge in [-0.15, -0.1) is 0 Å². The van der Waals surface area contributed by atoms with Gasteiger partial charge in [0.1, 0.15) is 0 Å². The minimum Gasteiger partial charge on any atom is -0.354 e. The SMILES string of the molecule is CNC(CC1CCCC1)C(OC)OC. The molecule has 84 valence electrons. The van der Waals surface area contributed by atoms with Crippen molar-refractivity contribution in [2.24, 2.45) is 5.92 Å². The maximum atomic E-state index is 5.28. The zero-order chi connectivity index (χ0) is 10.4. The molecule has 0 amide bonds. The van der Waals surface area contributed by atoms with E-state index in [1.807, 2.05) is 7.05 Å². The number of nitrogens with one attached hydrogen (secondary N) is 1. The zero-order valence-corrected chi connectivity index (χ0v) is 9.58. The van der Waals surface area contributed by atoms with E-state index in [2.05, 4.69) is 5.32 Å². The lowest BCUT2D eigenvalue weighted by atomic mass is 9.98. The average molecular weight is 201 g/mol. The third-order valence-electron chi connectivity index (χ3n) is 3.23. The summed E-state index contributed by atoms with van der Waals surface area (Å²) in [4.78, 5) is 0. The first kappa shape index (κ1) is 12.0. The summed E-state index contributed by atoms with van der Waals surface area (Å²) < 4.78 is 10.6. The fourth-order valence-corrected chi connectivity index (χ4v) is 2.39. The van der Waals surface area contributed by atoms with Crippen LogP contribution < -0.4 is 5.32 Å². The highest BCUT2D eigenvalue weighted by atomic mass is 16.7. The van der Waals surface area contributed by atoms with Crippen LogP contribution in [0.3, 0.4) is 0 Å². The Labute approximate surface area is 87.2 Å². The Morgan fingerprint density at radius 3 is 2.21 bits per heavy atom. The molecule has 0 bridgehead atoms. The van der Waals surface area contributed by atoms with Gasteiger partial charge in [0, 0.05) is 14.2 Å². The first-order valence-electron chi connectivity index (χ1n) is 5.54. The molecule has 0 spiro atoms. The second kappa shape index (κ2) is 6.38. The second-order valence-electron chi connectivity index (χ2n) is 4.12. The van der Waals surface area contributed by atoms with E-state index < -0.39 is 0 Å². The van der Waals surface area contributed by atoms with Gasteiger partial charge < -0.3 is 14.8 Å². The van der Waals surface area contributed by atoms with Gasteiger partial charge in [0.15, 0.2) is 6.29 Å². The molecule has 3 nitrogen and oxygen atoms in total. The molecule has 1 unspecified atom stereocenters. The largest absolute Gasteiger partial charge is 0.354 e. The molecule has 1 saturated carbocycles. The van der Waals surface area contributed by atoms with Crippen molar-refractivity contribution in [3.05, 3.63) is 0 Å². The Morgan fingerprint density at radius 1 is 1.21 bits per heavy atom. The van der Waals surface area contributed by atoms with Gasteiger partial charge in [-0.25, -0.2) is 0 Å². The molecule has 1 N–H and O–H groups in total. The van der Waals surface area contributed by atoms with Crippen molar-refractivity contribution in [1.29, 1.82) is 0 Å². The van der Waals surface area contributed by atoms with E-state index in [1.54, 1.807) is 14.2 Å². The number of ether oxygens (including phenoxy) is 2. The van der Waals surface area contributed by atoms with Crippen LogP contribution in [0.1, 0.15) is 32.1 Å². The molecule has 1 fully saturated rings. The number of hydrogen-bond acceptors (Lipinski definition) is 3. The summed E-state index contributed by atoms with van der Waals surface area (Å²) in [7, 11) is 5.38. The van der Waals surface area contributed by atoms with Gasteiger partial charge in [0.05, 0.1) is 6.04 Å². The highest BCUT2D eigenvalue weighted by Crippen LogP contribution is 2.29.